The fourth-order valence-electron chi connectivity index (χ4n) is 5.49. The highest BCUT2D eigenvalue weighted by Gasteiger charge is 2.53. The van der Waals surface area contributed by atoms with Gasteiger partial charge in [-0.05, 0) is 75.2 Å². The maximum atomic E-state index is 9.23. The summed E-state index contributed by atoms with van der Waals surface area (Å²) in [6, 6.07) is 0.561. The van der Waals surface area contributed by atoms with E-state index < -0.39 is 0 Å². The van der Waals surface area contributed by atoms with Crippen molar-refractivity contribution in [2.45, 2.75) is 51.0 Å². The third kappa shape index (κ3) is 1.62. The molecule has 0 aromatic heterocycles. The molecule has 4 bridgehead atoms. The van der Waals surface area contributed by atoms with Gasteiger partial charge in [-0.1, -0.05) is 0 Å². The number of aliphatic hydroxyl groups excluding tert-OH is 1. The van der Waals surface area contributed by atoms with Crippen LogP contribution in [0.2, 0.25) is 0 Å². The summed E-state index contributed by atoms with van der Waals surface area (Å²) in [5.41, 5.74) is 0.548. The van der Waals surface area contributed by atoms with E-state index in [1.807, 2.05) is 0 Å². The van der Waals surface area contributed by atoms with E-state index in [0.29, 0.717) is 18.1 Å². The van der Waals surface area contributed by atoms with Gasteiger partial charge in [0.1, 0.15) is 0 Å². The molecule has 0 aromatic carbocycles. The molecule has 2 N–H and O–H groups in total. The minimum atomic E-state index is 0.341. The first-order valence-electron chi connectivity index (χ1n) is 7.04. The second-order valence-electron chi connectivity index (χ2n) is 6.63. The van der Waals surface area contributed by atoms with Crippen molar-refractivity contribution in [2.24, 2.45) is 23.2 Å². The van der Waals surface area contributed by atoms with Gasteiger partial charge in [-0.2, -0.15) is 0 Å². The minimum absolute atomic E-state index is 0.341. The second kappa shape index (κ2) is 3.99. The lowest BCUT2D eigenvalue weighted by Crippen LogP contribution is -2.55. The zero-order valence-electron chi connectivity index (χ0n) is 10.4. The van der Waals surface area contributed by atoms with E-state index in [4.69, 9.17) is 0 Å². The molecule has 4 rings (SSSR count). The Bertz CT molecular complexity index is 228. The van der Waals surface area contributed by atoms with Gasteiger partial charge in [-0.25, -0.2) is 0 Å². The lowest BCUT2D eigenvalue weighted by molar-refractivity contribution is -0.0759. The van der Waals surface area contributed by atoms with Crippen LogP contribution < -0.4 is 5.32 Å². The predicted molar refractivity (Wildman–Crippen MR) is 65.2 cm³/mol. The molecule has 0 aliphatic heterocycles. The van der Waals surface area contributed by atoms with Crippen LogP contribution in [0.25, 0.3) is 0 Å². The molecular formula is C14H25NO. The van der Waals surface area contributed by atoms with Gasteiger partial charge in [0, 0.05) is 12.6 Å². The van der Waals surface area contributed by atoms with Gasteiger partial charge in [0.05, 0.1) is 0 Å². The molecule has 4 aliphatic carbocycles. The zero-order chi connectivity index (χ0) is 11.2. The van der Waals surface area contributed by atoms with Crippen LogP contribution >= 0.6 is 0 Å². The third-order valence-corrected chi connectivity index (χ3v) is 5.59. The largest absolute Gasteiger partial charge is 0.396 e. The monoisotopic (exact) mass is 223 g/mol. The summed E-state index contributed by atoms with van der Waals surface area (Å²) < 4.78 is 0. The third-order valence-electron chi connectivity index (χ3n) is 5.59. The molecule has 4 fully saturated rings. The summed E-state index contributed by atoms with van der Waals surface area (Å²) >= 11 is 0. The smallest absolute Gasteiger partial charge is 0.0446 e. The molecule has 1 unspecified atom stereocenters. The van der Waals surface area contributed by atoms with Crippen LogP contribution in [0.4, 0.5) is 0 Å². The Hall–Kier alpha value is -0.0800. The molecule has 0 spiro atoms. The molecule has 4 saturated carbocycles. The number of aliphatic hydroxyl groups is 1. The zero-order valence-corrected chi connectivity index (χ0v) is 10.4. The van der Waals surface area contributed by atoms with Gasteiger partial charge in [-0.15, -0.1) is 0 Å². The minimum Gasteiger partial charge on any atom is -0.396 e. The fraction of sp³-hybridized carbons (Fsp3) is 1.00. The van der Waals surface area contributed by atoms with E-state index in [-0.39, 0.29) is 0 Å². The summed E-state index contributed by atoms with van der Waals surface area (Å²) in [5, 5.41) is 12.7. The number of nitrogens with one attached hydrogen (secondary N) is 1. The Balaban J connectivity index is 1.81. The first-order valence-corrected chi connectivity index (χ1v) is 7.04. The summed E-state index contributed by atoms with van der Waals surface area (Å²) in [6.07, 6.45) is 9.78. The Morgan fingerprint density at radius 3 is 2.00 bits per heavy atom. The fourth-order valence-corrected chi connectivity index (χ4v) is 5.49. The van der Waals surface area contributed by atoms with Gasteiger partial charge < -0.3 is 10.4 Å². The van der Waals surface area contributed by atoms with Crippen LogP contribution in [0, 0.1) is 23.2 Å². The van der Waals surface area contributed by atoms with E-state index in [2.05, 4.69) is 12.4 Å². The first-order chi connectivity index (χ1) is 7.75. The Morgan fingerprint density at radius 2 is 1.62 bits per heavy atom. The van der Waals surface area contributed by atoms with Crippen molar-refractivity contribution in [3.05, 3.63) is 0 Å². The summed E-state index contributed by atoms with van der Waals surface area (Å²) in [6.45, 7) is 0.341. The number of hydrogen-bond donors (Lipinski definition) is 2. The lowest BCUT2D eigenvalue weighted by Gasteiger charge is -2.59. The van der Waals surface area contributed by atoms with Crippen molar-refractivity contribution in [1.82, 2.24) is 5.32 Å². The van der Waals surface area contributed by atoms with Crippen LogP contribution in [-0.2, 0) is 0 Å². The molecule has 4 aliphatic rings. The molecule has 1 atom stereocenters. The van der Waals surface area contributed by atoms with Crippen molar-refractivity contribution in [3.8, 4) is 0 Å². The van der Waals surface area contributed by atoms with Gasteiger partial charge in [0.15, 0.2) is 0 Å². The normalized spacial score (nSPS) is 47.2. The molecule has 2 nitrogen and oxygen atoms in total. The van der Waals surface area contributed by atoms with Gasteiger partial charge in [-0.3, -0.25) is 0 Å². The highest BCUT2D eigenvalue weighted by Crippen LogP contribution is 2.61. The molecule has 0 saturated heterocycles. The average Bonchev–Trinajstić information content (AvgIpc) is 2.23. The topological polar surface area (TPSA) is 32.3 Å². The lowest BCUT2D eigenvalue weighted by atomic mass is 9.47. The van der Waals surface area contributed by atoms with E-state index in [0.717, 1.165) is 24.2 Å². The molecule has 0 heterocycles. The first kappa shape index (κ1) is 11.0. The molecule has 0 amide bonds. The highest BCUT2D eigenvalue weighted by atomic mass is 16.3. The van der Waals surface area contributed by atoms with Crippen LogP contribution in [0.1, 0.15) is 44.9 Å². The summed E-state index contributed by atoms with van der Waals surface area (Å²) in [7, 11) is 2.08. The molecule has 2 heteroatoms. The maximum absolute atomic E-state index is 9.23. The van der Waals surface area contributed by atoms with Crippen LogP contribution in [0.3, 0.4) is 0 Å². The molecular weight excluding hydrogens is 198 g/mol. The highest BCUT2D eigenvalue weighted by molar-refractivity contribution is 5.05. The van der Waals surface area contributed by atoms with Gasteiger partial charge >= 0.3 is 0 Å². The quantitative estimate of drug-likeness (QED) is 0.765. The predicted octanol–water partition coefficient (Wildman–Crippen LogP) is 2.17. The van der Waals surface area contributed by atoms with Crippen molar-refractivity contribution in [2.75, 3.05) is 13.7 Å². The molecule has 0 radical (unpaired) electrons. The van der Waals surface area contributed by atoms with Gasteiger partial charge in [0.2, 0.25) is 0 Å². The van der Waals surface area contributed by atoms with Crippen LogP contribution in [0.15, 0.2) is 0 Å². The van der Waals surface area contributed by atoms with Crippen molar-refractivity contribution in [3.63, 3.8) is 0 Å². The molecule has 16 heavy (non-hydrogen) atoms. The summed E-state index contributed by atoms with van der Waals surface area (Å²) in [4.78, 5) is 0. The molecule has 0 aromatic rings. The van der Waals surface area contributed by atoms with E-state index >= 15 is 0 Å². The van der Waals surface area contributed by atoms with Crippen molar-refractivity contribution in [1.29, 1.82) is 0 Å². The van der Waals surface area contributed by atoms with Crippen molar-refractivity contribution < 1.29 is 5.11 Å². The molecule has 92 valence electrons. The number of hydrogen-bond acceptors (Lipinski definition) is 2. The van der Waals surface area contributed by atoms with E-state index in [1.54, 1.807) is 0 Å². The standard InChI is InChI=1S/C14H25NO/c1-15-13(2-3-16)14-7-10-4-11(8-14)6-12(5-10)9-14/h10-13,15-16H,2-9H2,1H3. The second-order valence-corrected chi connectivity index (χ2v) is 6.63. The van der Waals surface area contributed by atoms with Crippen LogP contribution in [0.5, 0.6) is 0 Å². The average molecular weight is 223 g/mol. The van der Waals surface area contributed by atoms with E-state index in [1.165, 1.54) is 38.5 Å². The number of rotatable bonds is 4. The van der Waals surface area contributed by atoms with E-state index in [9.17, 15) is 5.11 Å². The Morgan fingerprint density at radius 1 is 1.12 bits per heavy atom. The van der Waals surface area contributed by atoms with Crippen LogP contribution in [-0.4, -0.2) is 24.8 Å². The maximum Gasteiger partial charge on any atom is 0.0446 e. The van der Waals surface area contributed by atoms with Crippen molar-refractivity contribution >= 4 is 0 Å². The summed E-state index contributed by atoms with van der Waals surface area (Å²) in [5.74, 6) is 3.04. The Kier molecular flexibility index (Phi) is 2.75. The van der Waals surface area contributed by atoms with Gasteiger partial charge in [0.25, 0.3) is 0 Å². The SMILES string of the molecule is CNC(CCO)C12CC3CC(CC(C3)C1)C2. The Labute approximate surface area is 98.8 Å².